The standard InChI is InChI=1S/C9H11ClN2O4/c1-9(2,14)5-11-4-6(12(15)16)3-7(10)8(11)13/h3-4,14H,5H2,1-2H3. The van der Waals surface area contributed by atoms with Crippen molar-refractivity contribution in [2.45, 2.75) is 26.0 Å². The van der Waals surface area contributed by atoms with Crippen molar-refractivity contribution in [3.05, 3.63) is 37.8 Å². The van der Waals surface area contributed by atoms with Crippen LogP contribution in [0.25, 0.3) is 0 Å². The van der Waals surface area contributed by atoms with Crippen LogP contribution in [0.1, 0.15) is 13.8 Å². The van der Waals surface area contributed by atoms with Gasteiger partial charge in [0.25, 0.3) is 11.2 Å². The van der Waals surface area contributed by atoms with E-state index >= 15 is 0 Å². The molecule has 0 atom stereocenters. The van der Waals surface area contributed by atoms with Gasteiger partial charge in [-0.15, -0.1) is 0 Å². The number of hydrogen-bond acceptors (Lipinski definition) is 4. The van der Waals surface area contributed by atoms with Crippen LogP contribution in [0.4, 0.5) is 5.69 Å². The SMILES string of the molecule is CC(C)(O)Cn1cc([N+](=O)[O-])cc(Cl)c1=O. The minimum Gasteiger partial charge on any atom is -0.389 e. The van der Waals surface area contributed by atoms with Crippen LogP contribution in [0.3, 0.4) is 0 Å². The van der Waals surface area contributed by atoms with E-state index < -0.39 is 16.1 Å². The van der Waals surface area contributed by atoms with Crippen LogP contribution >= 0.6 is 11.6 Å². The van der Waals surface area contributed by atoms with Gasteiger partial charge in [0, 0.05) is 6.07 Å². The Morgan fingerprint density at radius 1 is 1.62 bits per heavy atom. The molecule has 0 radical (unpaired) electrons. The molecular weight excluding hydrogens is 236 g/mol. The lowest BCUT2D eigenvalue weighted by Crippen LogP contribution is -2.32. The summed E-state index contributed by atoms with van der Waals surface area (Å²) in [5.41, 5.74) is -1.99. The molecule has 0 aromatic carbocycles. The molecule has 0 aliphatic carbocycles. The lowest BCUT2D eigenvalue weighted by molar-refractivity contribution is -0.385. The topological polar surface area (TPSA) is 85.4 Å². The Hall–Kier alpha value is -1.40. The molecule has 0 amide bonds. The van der Waals surface area contributed by atoms with E-state index in [1.54, 1.807) is 0 Å². The van der Waals surface area contributed by atoms with Gasteiger partial charge in [-0.1, -0.05) is 11.6 Å². The molecule has 0 saturated carbocycles. The zero-order valence-electron chi connectivity index (χ0n) is 8.81. The Morgan fingerprint density at radius 3 is 2.62 bits per heavy atom. The summed E-state index contributed by atoms with van der Waals surface area (Å²) < 4.78 is 1.03. The predicted molar refractivity (Wildman–Crippen MR) is 58.7 cm³/mol. The maximum absolute atomic E-state index is 11.5. The highest BCUT2D eigenvalue weighted by atomic mass is 35.5. The average Bonchev–Trinajstić information content (AvgIpc) is 2.10. The Kier molecular flexibility index (Phi) is 3.35. The number of nitro groups is 1. The van der Waals surface area contributed by atoms with Crippen molar-refractivity contribution in [1.82, 2.24) is 4.57 Å². The van der Waals surface area contributed by atoms with Crippen LogP contribution in [-0.4, -0.2) is 20.2 Å². The summed E-state index contributed by atoms with van der Waals surface area (Å²) in [6.07, 6.45) is 1.06. The molecule has 0 saturated heterocycles. The molecule has 0 spiro atoms. The molecule has 1 heterocycles. The molecule has 0 fully saturated rings. The fourth-order valence-corrected chi connectivity index (χ4v) is 1.44. The molecule has 1 rings (SSSR count). The number of nitrogens with zero attached hydrogens (tertiary/aromatic N) is 2. The van der Waals surface area contributed by atoms with Gasteiger partial charge in [-0.25, -0.2) is 0 Å². The van der Waals surface area contributed by atoms with Gasteiger partial charge in [0.2, 0.25) is 0 Å². The molecule has 0 aliphatic heterocycles. The number of halogens is 1. The second-order valence-corrected chi connectivity index (χ2v) is 4.46. The summed E-state index contributed by atoms with van der Waals surface area (Å²) in [7, 11) is 0. The molecule has 16 heavy (non-hydrogen) atoms. The van der Waals surface area contributed by atoms with Crippen molar-refractivity contribution in [2.24, 2.45) is 0 Å². The Balaban J connectivity index is 3.28. The monoisotopic (exact) mass is 246 g/mol. The maximum atomic E-state index is 11.5. The van der Waals surface area contributed by atoms with Crippen LogP contribution in [0.15, 0.2) is 17.1 Å². The molecule has 0 bridgehead atoms. The highest BCUT2D eigenvalue weighted by molar-refractivity contribution is 6.30. The second-order valence-electron chi connectivity index (χ2n) is 4.05. The Bertz CT molecular complexity index is 475. The van der Waals surface area contributed by atoms with Gasteiger partial charge in [-0.2, -0.15) is 0 Å². The fraction of sp³-hybridized carbons (Fsp3) is 0.444. The van der Waals surface area contributed by atoms with Gasteiger partial charge in [0.05, 0.1) is 23.3 Å². The summed E-state index contributed by atoms with van der Waals surface area (Å²) in [4.78, 5) is 21.4. The third-order valence-electron chi connectivity index (χ3n) is 1.80. The van der Waals surface area contributed by atoms with Crippen LogP contribution in [0.5, 0.6) is 0 Å². The second kappa shape index (κ2) is 4.23. The van der Waals surface area contributed by atoms with Crippen molar-refractivity contribution in [3.63, 3.8) is 0 Å². The fourth-order valence-electron chi connectivity index (χ4n) is 1.22. The van der Waals surface area contributed by atoms with Crippen molar-refractivity contribution in [1.29, 1.82) is 0 Å². The highest BCUT2D eigenvalue weighted by Crippen LogP contribution is 2.15. The first-order chi connectivity index (χ1) is 7.20. The molecule has 1 N–H and O–H groups in total. The number of aromatic nitrogens is 1. The van der Waals surface area contributed by atoms with Crippen molar-refractivity contribution >= 4 is 17.3 Å². The first-order valence-corrected chi connectivity index (χ1v) is 4.85. The van der Waals surface area contributed by atoms with Crippen molar-refractivity contribution in [3.8, 4) is 0 Å². The first-order valence-electron chi connectivity index (χ1n) is 4.47. The normalized spacial score (nSPS) is 11.5. The quantitative estimate of drug-likeness (QED) is 0.641. The molecular formula is C9H11ClN2O4. The highest BCUT2D eigenvalue weighted by Gasteiger charge is 2.18. The van der Waals surface area contributed by atoms with Crippen LogP contribution in [0.2, 0.25) is 5.02 Å². The van der Waals surface area contributed by atoms with E-state index in [4.69, 9.17) is 11.6 Å². The summed E-state index contributed by atoms with van der Waals surface area (Å²) in [5.74, 6) is 0. The van der Waals surface area contributed by atoms with Crippen molar-refractivity contribution in [2.75, 3.05) is 0 Å². The van der Waals surface area contributed by atoms with Gasteiger partial charge in [-0.3, -0.25) is 14.9 Å². The lowest BCUT2D eigenvalue weighted by atomic mass is 10.1. The van der Waals surface area contributed by atoms with Gasteiger partial charge in [-0.05, 0) is 13.8 Å². The van der Waals surface area contributed by atoms with E-state index in [0.717, 1.165) is 16.8 Å². The first kappa shape index (κ1) is 12.7. The summed E-state index contributed by atoms with van der Waals surface area (Å²) in [5, 5.41) is 19.9. The lowest BCUT2D eigenvalue weighted by Gasteiger charge is -2.18. The number of aliphatic hydroxyl groups is 1. The summed E-state index contributed by atoms with van der Waals surface area (Å²) in [6, 6.07) is 0.991. The zero-order chi connectivity index (χ0) is 12.5. The van der Waals surface area contributed by atoms with E-state index in [2.05, 4.69) is 0 Å². The predicted octanol–water partition coefficient (Wildman–Crippen LogP) is 1.18. The third kappa shape index (κ3) is 3.04. The van der Waals surface area contributed by atoms with E-state index in [-0.39, 0.29) is 17.3 Å². The van der Waals surface area contributed by atoms with Gasteiger partial charge < -0.3 is 9.67 Å². The minimum atomic E-state index is -1.15. The van der Waals surface area contributed by atoms with Crippen LogP contribution in [-0.2, 0) is 6.54 Å². The molecule has 6 nitrogen and oxygen atoms in total. The van der Waals surface area contributed by atoms with Gasteiger partial charge >= 0.3 is 0 Å². The molecule has 0 unspecified atom stereocenters. The van der Waals surface area contributed by atoms with Crippen LogP contribution < -0.4 is 5.56 Å². The number of hydrogen-bond donors (Lipinski definition) is 1. The molecule has 7 heteroatoms. The third-order valence-corrected chi connectivity index (χ3v) is 2.07. The Labute approximate surface area is 96.2 Å². The minimum absolute atomic E-state index is 0.0623. The largest absolute Gasteiger partial charge is 0.389 e. The van der Waals surface area contributed by atoms with E-state index in [0.29, 0.717) is 0 Å². The Morgan fingerprint density at radius 2 is 2.19 bits per heavy atom. The summed E-state index contributed by atoms with van der Waals surface area (Å²) >= 11 is 5.57. The molecule has 0 aliphatic rings. The molecule has 1 aromatic rings. The van der Waals surface area contributed by atoms with Gasteiger partial charge in [0.15, 0.2) is 0 Å². The smallest absolute Gasteiger partial charge is 0.287 e. The van der Waals surface area contributed by atoms with E-state index in [9.17, 15) is 20.0 Å². The maximum Gasteiger partial charge on any atom is 0.287 e. The molecule has 88 valence electrons. The van der Waals surface area contributed by atoms with E-state index in [1.165, 1.54) is 13.8 Å². The summed E-state index contributed by atoms with van der Waals surface area (Å²) in [6.45, 7) is 2.92. The zero-order valence-corrected chi connectivity index (χ0v) is 9.56. The van der Waals surface area contributed by atoms with Gasteiger partial charge in [0.1, 0.15) is 5.02 Å². The number of rotatable bonds is 3. The van der Waals surface area contributed by atoms with Crippen LogP contribution in [0, 0.1) is 10.1 Å². The van der Waals surface area contributed by atoms with Crippen molar-refractivity contribution < 1.29 is 10.0 Å². The molecule has 1 aromatic heterocycles. The van der Waals surface area contributed by atoms with E-state index in [1.807, 2.05) is 0 Å². The number of pyridine rings is 1. The average molecular weight is 247 g/mol.